The SMILES string of the molecule is CC(C)=CCN1CCN(C(=O)c2nonc2C)C2CS(=O)(=O)CC21. The van der Waals surface area contributed by atoms with Crippen molar-refractivity contribution in [2.75, 3.05) is 31.1 Å². The molecule has 0 N–H and O–H groups in total. The highest BCUT2D eigenvalue weighted by Gasteiger charge is 2.48. The molecule has 2 fully saturated rings. The maximum Gasteiger partial charge on any atom is 0.278 e. The second kappa shape index (κ2) is 6.29. The van der Waals surface area contributed by atoms with E-state index >= 15 is 0 Å². The van der Waals surface area contributed by atoms with E-state index in [1.165, 1.54) is 5.57 Å². The first-order chi connectivity index (χ1) is 11.3. The summed E-state index contributed by atoms with van der Waals surface area (Å²) in [6.07, 6.45) is 2.09. The number of rotatable bonds is 3. The van der Waals surface area contributed by atoms with Crippen molar-refractivity contribution in [2.24, 2.45) is 0 Å². The molecule has 9 heteroatoms. The highest BCUT2D eigenvalue weighted by Crippen LogP contribution is 2.28. The van der Waals surface area contributed by atoms with Crippen LogP contribution in [0.2, 0.25) is 0 Å². The second-order valence-electron chi connectivity index (χ2n) is 6.68. The Bertz CT molecular complexity index is 766. The van der Waals surface area contributed by atoms with Gasteiger partial charge in [0.2, 0.25) is 0 Å². The molecule has 1 aromatic rings. The van der Waals surface area contributed by atoms with Gasteiger partial charge in [0.05, 0.1) is 17.5 Å². The Labute approximate surface area is 141 Å². The maximum absolute atomic E-state index is 12.7. The number of hydrogen-bond acceptors (Lipinski definition) is 7. The Morgan fingerprint density at radius 3 is 2.58 bits per heavy atom. The number of allylic oxidation sites excluding steroid dienone is 1. The highest BCUT2D eigenvalue weighted by atomic mass is 32.2. The summed E-state index contributed by atoms with van der Waals surface area (Å²) in [6, 6.07) is -0.527. The number of hydrogen-bond donors (Lipinski definition) is 0. The first kappa shape index (κ1) is 17.1. The minimum absolute atomic E-state index is 0.000937. The third-order valence-corrected chi connectivity index (χ3v) is 6.34. The number of carbonyl (C=O) groups excluding carboxylic acids is 1. The summed E-state index contributed by atoms with van der Waals surface area (Å²) >= 11 is 0. The zero-order chi connectivity index (χ0) is 17.5. The Morgan fingerprint density at radius 1 is 1.25 bits per heavy atom. The molecule has 1 amide bonds. The number of sulfone groups is 1. The first-order valence-electron chi connectivity index (χ1n) is 7.96. The standard InChI is InChI=1S/C15H22N4O4S/c1-10(2)4-5-18-6-7-19(13-9-24(21,22)8-12(13)18)15(20)14-11(3)16-23-17-14/h4,12-13H,5-9H2,1-3H3. The van der Waals surface area contributed by atoms with Crippen molar-refractivity contribution in [1.29, 1.82) is 0 Å². The molecule has 0 radical (unpaired) electrons. The van der Waals surface area contributed by atoms with Gasteiger partial charge in [0.1, 0.15) is 5.69 Å². The van der Waals surface area contributed by atoms with E-state index in [0.717, 1.165) is 0 Å². The quantitative estimate of drug-likeness (QED) is 0.719. The molecule has 3 rings (SSSR count). The minimum Gasteiger partial charge on any atom is -0.330 e. The van der Waals surface area contributed by atoms with Crippen molar-refractivity contribution in [3.8, 4) is 0 Å². The molecule has 2 saturated heterocycles. The summed E-state index contributed by atoms with van der Waals surface area (Å²) in [6.45, 7) is 7.49. The molecular formula is C15H22N4O4S. The monoisotopic (exact) mass is 354 g/mol. The fourth-order valence-electron chi connectivity index (χ4n) is 3.37. The van der Waals surface area contributed by atoms with E-state index in [-0.39, 0.29) is 35.2 Å². The molecule has 2 aliphatic heterocycles. The molecule has 24 heavy (non-hydrogen) atoms. The van der Waals surface area contributed by atoms with Crippen molar-refractivity contribution in [2.45, 2.75) is 32.9 Å². The Morgan fingerprint density at radius 2 is 1.96 bits per heavy atom. The smallest absolute Gasteiger partial charge is 0.278 e. The number of fused-ring (bicyclic) bond motifs is 1. The summed E-state index contributed by atoms with van der Waals surface area (Å²) in [5.74, 6) is -0.213. The lowest BCUT2D eigenvalue weighted by Crippen LogP contribution is -2.60. The van der Waals surface area contributed by atoms with Gasteiger partial charge in [0.25, 0.3) is 5.91 Å². The molecule has 0 bridgehead atoms. The van der Waals surface area contributed by atoms with Gasteiger partial charge in [-0.05, 0) is 25.9 Å². The van der Waals surface area contributed by atoms with E-state index < -0.39 is 9.84 Å². The van der Waals surface area contributed by atoms with Gasteiger partial charge in [-0.1, -0.05) is 16.8 Å². The molecule has 1 aromatic heterocycles. The number of piperazine rings is 1. The van der Waals surface area contributed by atoms with Crippen LogP contribution in [0.1, 0.15) is 30.0 Å². The predicted molar refractivity (Wildman–Crippen MR) is 87.3 cm³/mol. The van der Waals surface area contributed by atoms with Gasteiger partial charge in [0.15, 0.2) is 15.5 Å². The fraction of sp³-hybridized carbons (Fsp3) is 0.667. The maximum atomic E-state index is 12.7. The van der Waals surface area contributed by atoms with Crippen LogP contribution < -0.4 is 0 Å². The van der Waals surface area contributed by atoms with Crippen LogP contribution in [0.5, 0.6) is 0 Å². The van der Waals surface area contributed by atoms with E-state index in [0.29, 0.717) is 25.3 Å². The molecule has 3 heterocycles. The van der Waals surface area contributed by atoms with Crippen molar-refractivity contribution in [3.63, 3.8) is 0 Å². The van der Waals surface area contributed by atoms with E-state index in [1.54, 1.807) is 11.8 Å². The van der Waals surface area contributed by atoms with Crippen LogP contribution in [0.15, 0.2) is 16.3 Å². The summed E-state index contributed by atoms with van der Waals surface area (Å²) in [5.41, 5.74) is 1.77. The van der Waals surface area contributed by atoms with E-state index in [9.17, 15) is 13.2 Å². The molecule has 132 valence electrons. The molecule has 0 aromatic carbocycles. The molecule has 2 atom stereocenters. The van der Waals surface area contributed by atoms with Crippen molar-refractivity contribution in [1.82, 2.24) is 20.1 Å². The van der Waals surface area contributed by atoms with Gasteiger partial charge >= 0.3 is 0 Å². The summed E-state index contributed by atoms with van der Waals surface area (Å²) in [5, 5.41) is 7.31. The van der Waals surface area contributed by atoms with Gasteiger partial charge in [-0.2, -0.15) is 0 Å². The van der Waals surface area contributed by atoms with Gasteiger partial charge in [-0.15, -0.1) is 0 Å². The number of amides is 1. The third kappa shape index (κ3) is 3.23. The molecule has 0 saturated carbocycles. The van der Waals surface area contributed by atoms with E-state index in [2.05, 4.69) is 25.9 Å². The zero-order valence-corrected chi connectivity index (χ0v) is 14.9. The van der Waals surface area contributed by atoms with Crippen LogP contribution in [-0.2, 0) is 9.84 Å². The topological polar surface area (TPSA) is 96.6 Å². The first-order valence-corrected chi connectivity index (χ1v) is 9.78. The Balaban J connectivity index is 1.86. The average molecular weight is 354 g/mol. The molecule has 8 nitrogen and oxygen atoms in total. The fourth-order valence-corrected chi connectivity index (χ4v) is 5.38. The van der Waals surface area contributed by atoms with Gasteiger partial charge in [-0.3, -0.25) is 9.69 Å². The van der Waals surface area contributed by atoms with Crippen molar-refractivity contribution >= 4 is 15.7 Å². The van der Waals surface area contributed by atoms with Crippen LogP contribution in [0, 0.1) is 6.92 Å². The van der Waals surface area contributed by atoms with Crippen LogP contribution >= 0.6 is 0 Å². The highest BCUT2D eigenvalue weighted by molar-refractivity contribution is 7.91. The lowest BCUT2D eigenvalue weighted by atomic mass is 10.0. The summed E-state index contributed by atoms with van der Waals surface area (Å²) < 4.78 is 29.0. The van der Waals surface area contributed by atoms with E-state index in [1.807, 2.05) is 13.8 Å². The number of aromatic nitrogens is 2. The Kier molecular flexibility index (Phi) is 4.48. The molecule has 2 aliphatic rings. The molecule has 0 aliphatic carbocycles. The minimum atomic E-state index is -3.16. The lowest BCUT2D eigenvalue weighted by molar-refractivity contribution is 0.0359. The molecule has 0 spiro atoms. The van der Waals surface area contributed by atoms with Crippen LogP contribution in [0.25, 0.3) is 0 Å². The second-order valence-corrected chi connectivity index (χ2v) is 8.84. The van der Waals surface area contributed by atoms with Gasteiger partial charge in [0, 0.05) is 25.7 Å². The molecular weight excluding hydrogens is 332 g/mol. The Hall–Kier alpha value is -1.74. The lowest BCUT2D eigenvalue weighted by Gasteiger charge is -2.43. The number of nitrogens with zero attached hydrogens (tertiary/aromatic N) is 4. The normalized spacial score (nSPS) is 26.2. The largest absolute Gasteiger partial charge is 0.330 e. The third-order valence-electron chi connectivity index (χ3n) is 4.64. The van der Waals surface area contributed by atoms with Gasteiger partial charge < -0.3 is 4.90 Å². The van der Waals surface area contributed by atoms with Crippen LogP contribution in [-0.4, -0.2) is 77.7 Å². The summed E-state index contributed by atoms with van der Waals surface area (Å²) in [7, 11) is -3.16. The number of carbonyl (C=O) groups is 1. The van der Waals surface area contributed by atoms with Crippen LogP contribution in [0.3, 0.4) is 0 Å². The van der Waals surface area contributed by atoms with Crippen LogP contribution in [0.4, 0.5) is 0 Å². The number of aryl methyl sites for hydroxylation is 1. The predicted octanol–water partition coefficient (Wildman–Crippen LogP) is 0.268. The van der Waals surface area contributed by atoms with Crippen molar-refractivity contribution < 1.29 is 17.8 Å². The van der Waals surface area contributed by atoms with Crippen molar-refractivity contribution in [3.05, 3.63) is 23.0 Å². The van der Waals surface area contributed by atoms with Gasteiger partial charge in [-0.25, -0.2) is 13.0 Å². The molecule has 2 unspecified atom stereocenters. The zero-order valence-electron chi connectivity index (χ0n) is 14.1. The summed E-state index contributed by atoms with van der Waals surface area (Å²) in [4.78, 5) is 16.5. The average Bonchev–Trinajstić information content (AvgIpc) is 3.05. The van der Waals surface area contributed by atoms with E-state index in [4.69, 9.17) is 0 Å².